The van der Waals surface area contributed by atoms with Crippen LogP contribution < -0.4 is 0 Å². The largest absolute Gasteiger partial charge is 0.381 e. The van der Waals surface area contributed by atoms with Gasteiger partial charge in [-0.2, -0.15) is 5.10 Å². The highest BCUT2D eigenvalue weighted by atomic mass is 16.5. The molecule has 2 aromatic rings. The summed E-state index contributed by atoms with van der Waals surface area (Å²) < 4.78 is 7.52. The normalized spacial score (nSPS) is 34.4. The van der Waals surface area contributed by atoms with E-state index in [2.05, 4.69) is 30.9 Å². The molecule has 0 radical (unpaired) electrons. The van der Waals surface area contributed by atoms with Crippen molar-refractivity contribution in [3.05, 3.63) is 48.0 Å². The minimum atomic E-state index is -1.02. The van der Waals surface area contributed by atoms with E-state index in [0.717, 1.165) is 18.4 Å². The molecule has 5 heteroatoms. The predicted octanol–water partition coefficient (Wildman–Crippen LogP) is 3.51. The smallest absolute Gasteiger partial charge is 0.177 e. The number of nitrogens with zero attached hydrogens (tertiary/aromatic N) is 3. The number of rotatable bonds is 4. The number of methoxy groups -OCH3 is 1. The van der Waals surface area contributed by atoms with Crippen molar-refractivity contribution < 1.29 is 9.84 Å². The molecule has 0 spiro atoms. The van der Waals surface area contributed by atoms with Crippen LogP contribution in [-0.4, -0.2) is 27.0 Å². The quantitative estimate of drug-likeness (QED) is 0.924. The first-order chi connectivity index (χ1) is 11.8. The highest BCUT2D eigenvalue weighted by Gasteiger charge is 2.71. The average Bonchev–Trinajstić information content (AvgIpc) is 3.26. The average molecular weight is 341 g/mol. The summed E-state index contributed by atoms with van der Waals surface area (Å²) in [6.45, 7) is 6.54. The van der Waals surface area contributed by atoms with E-state index in [4.69, 9.17) is 4.74 Å². The van der Waals surface area contributed by atoms with Crippen LogP contribution in [0.1, 0.15) is 57.6 Å². The Labute approximate surface area is 149 Å². The Morgan fingerprint density at radius 3 is 2.56 bits per heavy atom. The van der Waals surface area contributed by atoms with Gasteiger partial charge >= 0.3 is 0 Å². The third-order valence-electron chi connectivity index (χ3n) is 6.99. The highest BCUT2D eigenvalue weighted by molar-refractivity contribution is 5.26. The van der Waals surface area contributed by atoms with Crippen LogP contribution >= 0.6 is 0 Å². The van der Waals surface area contributed by atoms with Gasteiger partial charge in [-0.05, 0) is 25.2 Å². The topological polar surface area (TPSA) is 60.2 Å². The zero-order chi connectivity index (χ0) is 17.9. The van der Waals surface area contributed by atoms with Gasteiger partial charge in [0.2, 0.25) is 0 Å². The van der Waals surface area contributed by atoms with Crippen molar-refractivity contribution in [2.45, 2.75) is 51.9 Å². The molecule has 1 aromatic heterocycles. The van der Waals surface area contributed by atoms with Gasteiger partial charge < -0.3 is 9.84 Å². The summed E-state index contributed by atoms with van der Waals surface area (Å²) in [7, 11) is 1.67. The van der Waals surface area contributed by atoms with Gasteiger partial charge in [0.25, 0.3) is 0 Å². The lowest BCUT2D eigenvalue weighted by molar-refractivity contribution is -0.161. The molecule has 2 aliphatic rings. The molecule has 2 aliphatic carbocycles. The minimum absolute atomic E-state index is 0.180. The van der Waals surface area contributed by atoms with Gasteiger partial charge in [-0.15, -0.1) is 0 Å². The van der Waals surface area contributed by atoms with Gasteiger partial charge in [0.1, 0.15) is 11.9 Å². The molecule has 4 rings (SSSR count). The van der Waals surface area contributed by atoms with E-state index in [1.807, 2.05) is 30.3 Å². The number of hydrogen-bond acceptors (Lipinski definition) is 4. The predicted molar refractivity (Wildman–Crippen MR) is 94.7 cm³/mol. The first-order valence-corrected chi connectivity index (χ1v) is 9.05. The Kier molecular flexibility index (Phi) is 3.61. The molecule has 0 aliphatic heterocycles. The summed E-state index contributed by atoms with van der Waals surface area (Å²) in [6.07, 6.45) is 4.36. The zero-order valence-electron chi connectivity index (χ0n) is 15.4. The van der Waals surface area contributed by atoms with Gasteiger partial charge in [0.15, 0.2) is 12.1 Å². The molecule has 4 unspecified atom stereocenters. The fourth-order valence-electron chi connectivity index (χ4n) is 5.49. The summed E-state index contributed by atoms with van der Waals surface area (Å²) in [4.78, 5) is 4.55. The first kappa shape index (κ1) is 16.7. The summed E-state index contributed by atoms with van der Waals surface area (Å²) >= 11 is 0. The third kappa shape index (κ3) is 2.02. The molecule has 1 N–H and O–H groups in total. The maximum Gasteiger partial charge on any atom is 0.177 e. The van der Waals surface area contributed by atoms with E-state index < -0.39 is 11.8 Å². The molecule has 0 saturated heterocycles. The van der Waals surface area contributed by atoms with Crippen molar-refractivity contribution in [1.82, 2.24) is 14.8 Å². The Morgan fingerprint density at radius 1 is 1.24 bits per heavy atom. The van der Waals surface area contributed by atoms with Crippen molar-refractivity contribution in [3.8, 4) is 0 Å². The second-order valence-electron chi connectivity index (χ2n) is 8.46. The molecule has 134 valence electrons. The molecule has 1 aromatic carbocycles. The molecule has 2 fully saturated rings. The highest BCUT2D eigenvalue weighted by Crippen LogP contribution is 2.71. The van der Waals surface area contributed by atoms with Crippen LogP contribution in [0.15, 0.2) is 36.7 Å². The molecule has 5 nitrogen and oxygen atoms in total. The van der Waals surface area contributed by atoms with E-state index in [-0.39, 0.29) is 10.8 Å². The van der Waals surface area contributed by atoms with Crippen LogP contribution in [0.4, 0.5) is 0 Å². The lowest BCUT2D eigenvalue weighted by Crippen LogP contribution is -2.53. The maximum atomic E-state index is 12.0. The summed E-state index contributed by atoms with van der Waals surface area (Å²) in [5, 5.41) is 16.5. The van der Waals surface area contributed by atoms with Gasteiger partial charge in [0, 0.05) is 23.5 Å². The first-order valence-electron chi connectivity index (χ1n) is 9.05. The number of benzene rings is 1. The number of hydrogen-bond donors (Lipinski definition) is 1. The molecular formula is C20H27N3O2. The number of aromatic nitrogens is 3. The Morgan fingerprint density at radius 2 is 1.96 bits per heavy atom. The van der Waals surface area contributed by atoms with Gasteiger partial charge in [-0.1, -0.05) is 51.1 Å². The van der Waals surface area contributed by atoms with Crippen molar-refractivity contribution in [3.63, 3.8) is 0 Å². The molecule has 4 atom stereocenters. The monoisotopic (exact) mass is 341 g/mol. The maximum absolute atomic E-state index is 12.0. The van der Waals surface area contributed by atoms with Crippen molar-refractivity contribution in [1.29, 1.82) is 0 Å². The Hall–Kier alpha value is -1.72. The molecule has 25 heavy (non-hydrogen) atoms. The van der Waals surface area contributed by atoms with E-state index in [0.29, 0.717) is 11.7 Å². The Bertz CT molecular complexity index is 766. The second kappa shape index (κ2) is 5.39. The van der Waals surface area contributed by atoms with Crippen LogP contribution in [0.25, 0.3) is 0 Å². The molecule has 2 saturated carbocycles. The lowest BCUT2D eigenvalue weighted by atomic mass is 9.60. The van der Waals surface area contributed by atoms with Gasteiger partial charge in [0.05, 0.1) is 0 Å². The van der Waals surface area contributed by atoms with Crippen LogP contribution in [-0.2, 0) is 10.3 Å². The van der Waals surface area contributed by atoms with Crippen LogP contribution in [0.2, 0.25) is 0 Å². The van der Waals surface area contributed by atoms with E-state index >= 15 is 0 Å². The number of ether oxygens (including phenoxy) is 1. The van der Waals surface area contributed by atoms with Gasteiger partial charge in [-0.3, -0.25) is 0 Å². The summed E-state index contributed by atoms with van der Waals surface area (Å²) in [5.74, 6) is 1.13. The lowest BCUT2D eigenvalue weighted by Gasteiger charge is -2.49. The Balaban J connectivity index is 1.85. The molecule has 1 heterocycles. The number of aliphatic hydroxyl groups is 1. The van der Waals surface area contributed by atoms with Crippen molar-refractivity contribution in [2.75, 3.05) is 7.11 Å². The minimum Gasteiger partial charge on any atom is -0.381 e. The van der Waals surface area contributed by atoms with Crippen molar-refractivity contribution in [2.24, 2.45) is 16.7 Å². The third-order valence-corrected chi connectivity index (χ3v) is 6.99. The summed E-state index contributed by atoms with van der Waals surface area (Å²) in [5.41, 5.74) is -0.461. The zero-order valence-corrected chi connectivity index (χ0v) is 15.4. The van der Waals surface area contributed by atoms with Crippen molar-refractivity contribution >= 4 is 0 Å². The SMILES string of the molecule is COC(c1ccccc1)n1ncnc1C1(O)C2(C)CCC(C2)C1(C)C. The van der Waals surface area contributed by atoms with Crippen LogP contribution in [0, 0.1) is 16.7 Å². The van der Waals surface area contributed by atoms with E-state index in [1.165, 1.54) is 12.7 Å². The van der Waals surface area contributed by atoms with Crippen LogP contribution in [0.5, 0.6) is 0 Å². The standard InChI is InChI=1S/C20H27N3O2/c1-18(2)15-10-11-19(3,12-15)20(18,24)17-21-13-22-23(17)16(25-4)14-8-6-5-7-9-14/h5-9,13,15-16,24H,10-12H2,1-4H3. The molecular weight excluding hydrogens is 314 g/mol. The molecule has 2 bridgehead atoms. The molecule has 0 amide bonds. The fraction of sp³-hybridized carbons (Fsp3) is 0.600. The van der Waals surface area contributed by atoms with Crippen LogP contribution in [0.3, 0.4) is 0 Å². The number of fused-ring (bicyclic) bond motifs is 2. The second-order valence-corrected chi connectivity index (χ2v) is 8.46. The summed E-state index contributed by atoms with van der Waals surface area (Å²) in [6, 6.07) is 9.96. The van der Waals surface area contributed by atoms with E-state index in [9.17, 15) is 5.11 Å². The fourth-order valence-corrected chi connectivity index (χ4v) is 5.49. The van der Waals surface area contributed by atoms with Gasteiger partial charge in [-0.25, -0.2) is 9.67 Å². The van der Waals surface area contributed by atoms with E-state index in [1.54, 1.807) is 11.8 Å².